The van der Waals surface area contributed by atoms with Crippen LogP contribution in [0.5, 0.6) is 0 Å². The van der Waals surface area contributed by atoms with E-state index in [0.717, 1.165) is 35.0 Å². The number of nitrogens with zero attached hydrogens (tertiary/aromatic N) is 4. The average molecular weight is 545 g/mol. The van der Waals surface area contributed by atoms with Gasteiger partial charge in [-0.25, -0.2) is 9.13 Å². The Morgan fingerprint density at radius 1 is 1.08 bits per heavy atom. The Labute approximate surface area is 221 Å². The predicted molar refractivity (Wildman–Crippen MR) is 147 cm³/mol. The molecule has 0 radical (unpaired) electrons. The first-order valence-electron chi connectivity index (χ1n) is 12.6. The number of rotatable bonds is 4. The van der Waals surface area contributed by atoms with Gasteiger partial charge in [0.2, 0.25) is 6.33 Å². The number of para-hydroxylation sites is 1. The molecule has 6 rings (SSSR count). The summed E-state index contributed by atoms with van der Waals surface area (Å²) < 4.78 is 5.48. The Balaban J connectivity index is 1.33. The van der Waals surface area contributed by atoms with E-state index in [2.05, 4.69) is 130 Å². The van der Waals surface area contributed by atoms with Crippen molar-refractivity contribution in [1.29, 1.82) is 0 Å². The van der Waals surface area contributed by atoms with Crippen LogP contribution in [0.4, 0.5) is 5.69 Å². The molecule has 5 nitrogen and oxygen atoms in total. The van der Waals surface area contributed by atoms with Gasteiger partial charge < -0.3 is 9.80 Å². The number of likely N-dealkylation sites (N-methyl/N-ethyl adjacent to an activating group) is 1. The number of aryl methyl sites for hydroxylation is 2. The molecular formula is C30H32BrN4O+. The zero-order valence-electron chi connectivity index (χ0n) is 21.3. The number of halogens is 1. The van der Waals surface area contributed by atoms with Crippen LogP contribution < -0.4 is 9.47 Å². The number of likely N-dealkylation sites (tertiary alicyclic amines) is 1. The number of carbonyl (C=O) groups is 1. The minimum Gasteiger partial charge on any atom is -0.353 e. The van der Waals surface area contributed by atoms with Crippen molar-refractivity contribution in [3.8, 4) is 0 Å². The molecule has 1 saturated heterocycles. The van der Waals surface area contributed by atoms with Gasteiger partial charge in [-0.2, -0.15) is 0 Å². The number of aromatic nitrogens is 2. The summed E-state index contributed by atoms with van der Waals surface area (Å²) in [7, 11) is 2.13. The SMILES string of the molecule is Cc1cc2c(cc1C)[n+](Cc1ccc(Br)cc1)cn2CC(=O)N1CCC2(C)c3ccccc3N(C)C12. The number of benzene rings is 3. The standard InChI is InChI=1S/C30H32BrN4O/c1-20-15-26-27(16-21(20)2)34(19-33(26)17-22-9-11-23(31)12-10-22)18-28(36)35-14-13-30(3)24-7-5-6-8-25(24)32(4)29(30)35/h5-12,15-16,19,29H,13-14,17-18H2,1-4H3/q+1. The Kier molecular flexibility index (Phi) is 5.48. The summed E-state index contributed by atoms with van der Waals surface area (Å²) in [6, 6.07) is 21.5. The van der Waals surface area contributed by atoms with E-state index >= 15 is 0 Å². The normalized spacial score (nSPS) is 20.8. The molecule has 184 valence electrons. The van der Waals surface area contributed by atoms with E-state index < -0.39 is 0 Å². The predicted octanol–water partition coefficient (Wildman–Crippen LogP) is 5.32. The fraction of sp³-hybridized carbons (Fsp3) is 0.333. The second-order valence-electron chi connectivity index (χ2n) is 10.7. The van der Waals surface area contributed by atoms with E-state index in [1.54, 1.807) is 0 Å². The molecule has 2 unspecified atom stereocenters. The van der Waals surface area contributed by atoms with Crippen LogP contribution in [0.15, 0.2) is 71.5 Å². The second kappa shape index (κ2) is 8.48. The molecule has 0 saturated carbocycles. The van der Waals surface area contributed by atoms with Gasteiger partial charge in [-0.1, -0.05) is 53.2 Å². The maximum Gasteiger partial charge on any atom is 0.266 e. The quantitative estimate of drug-likeness (QED) is 0.326. The Morgan fingerprint density at radius 3 is 2.58 bits per heavy atom. The number of fused-ring (bicyclic) bond motifs is 4. The summed E-state index contributed by atoms with van der Waals surface area (Å²) >= 11 is 3.53. The van der Waals surface area contributed by atoms with Crippen LogP contribution in [0.1, 0.15) is 35.6 Å². The maximum atomic E-state index is 13.9. The lowest BCUT2D eigenvalue weighted by Crippen LogP contribution is -2.50. The molecule has 6 heteroatoms. The number of imidazole rings is 1. The third-order valence-corrected chi connectivity index (χ3v) is 8.91. The van der Waals surface area contributed by atoms with Crippen molar-refractivity contribution >= 4 is 38.6 Å². The number of anilines is 1. The third-order valence-electron chi connectivity index (χ3n) is 8.38. The highest BCUT2D eigenvalue weighted by atomic mass is 79.9. The molecule has 3 heterocycles. The van der Waals surface area contributed by atoms with Gasteiger partial charge in [-0.05, 0) is 72.9 Å². The van der Waals surface area contributed by atoms with Crippen molar-refractivity contribution in [2.75, 3.05) is 18.5 Å². The van der Waals surface area contributed by atoms with Crippen LogP contribution in [0.3, 0.4) is 0 Å². The molecular weight excluding hydrogens is 512 g/mol. The van der Waals surface area contributed by atoms with Crippen molar-refractivity contribution in [1.82, 2.24) is 9.47 Å². The van der Waals surface area contributed by atoms with Gasteiger partial charge in [0, 0.05) is 29.2 Å². The van der Waals surface area contributed by atoms with Gasteiger partial charge in [0.25, 0.3) is 5.91 Å². The van der Waals surface area contributed by atoms with E-state index in [0.29, 0.717) is 6.54 Å². The van der Waals surface area contributed by atoms with E-state index in [4.69, 9.17) is 0 Å². The fourth-order valence-corrected chi connectivity index (χ4v) is 6.59. The molecule has 3 aromatic carbocycles. The van der Waals surface area contributed by atoms with Gasteiger partial charge in [0.1, 0.15) is 12.7 Å². The lowest BCUT2D eigenvalue weighted by Gasteiger charge is -2.34. The summed E-state index contributed by atoms with van der Waals surface area (Å²) in [4.78, 5) is 18.3. The zero-order chi connectivity index (χ0) is 25.2. The number of amides is 1. The molecule has 0 bridgehead atoms. The molecule has 1 fully saturated rings. The summed E-state index contributed by atoms with van der Waals surface area (Å²) in [5, 5.41) is 0. The molecule has 1 aromatic heterocycles. The Bertz CT molecular complexity index is 1490. The van der Waals surface area contributed by atoms with Gasteiger partial charge in [-0.3, -0.25) is 4.79 Å². The van der Waals surface area contributed by atoms with E-state index in [1.165, 1.54) is 27.9 Å². The molecule has 2 aliphatic rings. The van der Waals surface area contributed by atoms with Crippen molar-refractivity contribution in [2.45, 2.75) is 51.9 Å². The molecule has 0 N–H and O–H groups in total. The van der Waals surface area contributed by atoms with Gasteiger partial charge in [0.15, 0.2) is 17.6 Å². The summed E-state index contributed by atoms with van der Waals surface area (Å²) in [6.45, 7) is 8.49. The first-order chi connectivity index (χ1) is 17.3. The van der Waals surface area contributed by atoms with Crippen LogP contribution in [-0.2, 0) is 23.3 Å². The number of hydrogen-bond acceptors (Lipinski definition) is 2. The smallest absolute Gasteiger partial charge is 0.266 e. The van der Waals surface area contributed by atoms with Gasteiger partial charge in [-0.15, -0.1) is 0 Å². The Hall–Kier alpha value is -3.12. The van der Waals surface area contributed by atoms with E-state index in [9.17, 15) is 4.79 Å². The summed E-state index contributed by atoms with van der Waals surface area (Å²) in [6.07, 6.45) is 3.16. The van der Waals surface area contributed by atoms with Crippen LogP contribution in [0, 0.1) is 13.8 Å². The second-order valence-corrected chi connectivity index (χ2v) is 11.6. The molecule has 4 aromatic rings. The van der Waals surface area contributed by atoms with Gasteiger partial charge >= 0.3 is 0 Å². The van der Waals surface area contributed by atoms with Crippen molar-refractivity contribution in [3.05, 3.63) is 93.7 Å². The highest BCUT2D eigenvalue weighted by molar-refractivity contribution is 9.10. The first-order valence-corrected chi connectivity index (χ1v) is 13.4. The lowest BCUT2D eigenvalue weighted by atomic mass is 9.81. The van der Waals surface area contributed by atoms with E-state index in [1.807, 2.05) is 0 Å². The molecule has 1 amide bonds. The van der Waals surface area contributed by atoms with Crippen LogP contribution in [0.2, 0.25) is 0 Å². The molecule has 2 atom stereocenters. The fourth-order valence-electron chi connectivity index (χ4n) is 6.33. The van der Waals surface area contributed by atoms with Crippen molar-refractivity contribution < 1.29 is 9.36 Å². The van der Waals surface area contributed by atoms with E-state index in [-0.39, 0.29) is 17.5 Å². The molecule has 0 spiro atoms. The monoisotopic (exact) mass is 543 g/mol. The number of carbonyl (C=O) groups excluding carboxylic acids is 1. The summed E-state index contributed by atoms with van der Waals surface area (Å²) in [5.41, 5.74) is 8.56. The minimum absolute atomic E-state index is 0.0328. The Morgan fingerprint density at radius 2 is 1.81 bits per heavy atom. The number of hydrogen-bond donors (Lipinski definition) is 0. The van der Waals surface area contributed by atoms with Crippen LogP contribution in [-0.4, -0.2) is 35.1 Å². The first kappa shape index (κ1) is 23.3. The molecule has 36 heavy (non-hydrogen) atoms. The molecule has 2 aliphatic heterocycles. The van der Waals surface area contributed by atoms with Crippen LogP contribution >= 0.6 is 15.9 Å². The van der Waals surface area contributed by atoms with Gasteiger partial charge in [0.05, 0.1) is 0 Å². The highest BCUT2D eigenvalue weighted by Gasteiger charge is 2.54. The average Bonchev–Trinajstić information content (AvgIpc) is 3.45. The van der Waals surface area contributed by atoms with Crippen molar-refractivity contribution in [3.63, 3.8) is 0 Å². The lowest BCUT2D eigenvalue weighted by molar-refractivity contribution is -0.663. The van der Waals surface area contributed by atoms with Crippen molar-refractivity contribution in [2.24, 2.45) is 0 Å². The third kappa shape index (κ3) is 3.57. The minimum atomic E-state index is -0.0328. The highest BCUT2D eigenvalue weighted by Crippen LogP contribution is 2.51. The van der Waals surface area contributed by atoms with Crippen LogP contribution in [0.25, 0.3) is 11.0 Å². The molecule has 0 aliphatic carbocycles. The maximum absolute atomic E-state index is 13.9. The largest absolute Gasteiger partial charge is 0.353 e. The topological polar surface area (TPSA) is 32.4 Å². The zero-order valence-corrected chi connectivity index (χ0v) is 22.9. The summed E-state index contributed by atoms with van der Waals surface area (Å²) in [5.74, 6) is 0.175.